The van der Waals surface area contributed by atoms with E-state index in [9.17, 15) is 4.79 Å². The van der Waals surface area contributed by atoms with Crippen molar-refractivity contribution in [1.82, 2.24) is 4.98 Å². The smallest absolute Gasteiger partial charge is 0.354 e. The van der Waals surface area contributed by atoms with Gasteiger partial charge in [-0.05, 0) is 6.07 Å². The summed E-state index contributed by atoms with van der Waals surface area (Å²) in [7, 11) is 0. The Kier molecular flexibility index (Phi) is 3.50. The van der Waals surface area contributed by atoms with Crippen LogP contribution in [-0.4, -0.2) is 22.7 Å². The quantitative estimate of drug-likeness (QED) is 0.573. The molecule has 1 heterocycles. The Hall–Kier alpha value is -2.02. The van der Waals surface area contributed by atoms with Gasteiger partial charge < -0.3 is 9.84 Å². The molecule has 0 fully saturated rings. The number of carbonyl (C=O) groups is 1. The first-order valence-corrected chi connectivity index (χ1v) is 4.00. The predicted octanol–water partition coefficient (Wildman–Crippen LogP) is 1.18. The first-order chi connectivity index (χ1) is 6.74. The third kappa shape index (κ3) is 2.79. The lowest BCUT2D eigenvalue weighted by Gasteiger charge is -2.02. The van der Waals surface area contributed by atoms with Crippen molar-refractivity contribution in [3.63, 3.8) is 0 Å². The maximum atomic E-state index is 10.5. The molecule has 0 radical (unpaired) electrons. The molecule has 0 unspecified atom stereocenters. The van der Waals surface area contributed by atoms with Crippen molar-refractivity contribution in [2.75, 3.05) is 6.61 Å². The van der Waals surface area contributed by atoms with Crippen molar-refractivity contribution in [3.05, 3.63) is 23.9 Å². The van der Waals surface area contributed by atoms with E-state index in [0.717, 1.165) is 0 Å². The highest BCUT2D eigenvalue weighted by Crippen LogP contribution is 2.07. The summed E-state index contributed by atoms with van der Waals surface area (Å²) in [6, 6.07) is 4.56. The van der Waals surface area contributed by atoms with Gasteiger partial charge in [-0.3, -0.25) is 0 Å². The van der Waals surface area contributed by atoms with Gasteiger partial charge in [0, 0.05) is 12.5 Å². The second-order valence-corrected chi connectivity index (χ2v) is 2.47. The zero-order chi connectivity index (χ0) is 10.4. The number of terminal acetylenes is 1. The van der Waals surface area contributed by atoms with Gasteiger partial charge in [0.05, 0.1) is 0 Å². The van der Waals surface area contributed by atoms with Crippen LogP contribution in [0.3, 0.4) is 0 Å². The molecule has 4 heteroatoms. The minimum Gasteiger partial charge on any atom is -0.477 e. The average molecular weight is 191 g/mol. The minimum atomic E-state index is -1.08. The van der Waals surface area contributed by atoms with Gasteiger partial charge in [0.15, 0.2) is 5.69 Å². The molecule has 0 aromatic carbocycles. The van der Waals surface area contributed by atoms with E-state index in [1.807, 2.05) is 0 Å². The zero-order valence-electron chi connectivity index (χ0n) is 7.43. The molecule has 1 aromatic rings. The fourth-order valence-corrected chi connectivity index (χ4v) is 0.829. The van der Waals surface area contributed by atoms with Crippen LogP contribution in [0.2, 0.25) is 0 Å². The van der Waals surface area contributed by atoms with Crippen molar-refractivity contribution < 1.29 is 14.6 Å². The van der Waals surface area contributed by atoms with Crippen LogP contribution in [0, 0.1) is 12.3 Å². The predicted molar refractivity (Wildman–Crippen MR) is 50.1 cm³/mol. The number of rotatable bonds is 4. The van der Waals surface area contributed by atoms with E-state index in [1.165, 1.54) is 6.07 Å². The van der Waals surface area contributed by atoms with E-state index in [-0.39, 0.29) is 11.6 Å². The van der Waals surface area contributed by atoms with E-state index in [1.54, 1.807) is 12.1 Å². The van der Waals surface area contributed by atoms with E-state index in [0.29, 0.717) is 13.0 Å². The van der Waals surface area contributed by atoms with Crippen LogP contribution < -0.4 is 4.74 Å². The van der Waals surface area contributed by atoms with Gasteiger partial charge in [0.2, 0.25) is 5.88 Å². The topological polar surface area (TPSA) is 59.4 Å². The van der Waals surface area contributed by atoms with Crippen molar-refractivity contribution in [2.45, 2.75) is 6.42 Å². The van der Waals surface area contributed by atoms with Crippen molar-refractivity contribution in [1.29, 1.82) is 0 Å². The van der Waals surface area contributed by atoms with Crippen LogP contribution in [0.25, 0.3) is 0 Å². The Morgan fingerprint density at radius 2 is 2.43 bits per heavy atom. The Labute approximate surface area is 81.5 Å². The largest absolute Gasteiger partial charge is 0.477 e. The lowest BCUT2D eigenvalue weighted by atomic mass is 10.3. The van der Waals surface area contributed by atoms with Gasteiger partial charge in [0.1, 0.15) is 6.61 Å². The number of carboxylic acids is 1. The third-order valence-electron chi connectivity index (χ3n) is 1.44. The normalized spacial score (nSPS) is 9.07. The van der Waals surface area contributed by atoms with Crippen LogP contribution in [0.1, 0.15) is 16.9 Å². The Balaban J connectivity index is 2.65. The zero-order valence-corrected chi connectivity index (χ0v) is 7.43. The molecular weight excluding hydrogens is 182 g/mol. The molecule has 0 amide bonds. The third-order valence-corrected chi connectivity index (χ3v) is 1.44. The first kappa shape index (κ1) is 10.1. The molecule has 0 saturated heterocycles. The summed E-state index contributed by atoms with van der Waals surface area (Å²) in [4.78, 5) is 14.3. The molecule has 0 bridgehead atoms. The number of nitrogens with zero attached hydrogens (tertiary/aromatic N) is 1. The SMILES string of the molecule is C#CCCOc1cccc(C(=O)O)n1. The van der Waals surface area contributed by atoms with Gasteiger partial charge in [-0.25, -0.2) is 9.78 Å². The molecule has 0 atom stereocenters. The molecule has 0 aliphatic heterocycles. The van der Waals surface area contributed by atoms with E-state index in [4.69, 9.17) is 16.3 Å². The monoisotopic (exact) mass is 191 g/mol. The molecule has 0 spiro atoms. The van der Waals surface area contributed by atoms with Gasteiger partial charge in [-0.2, -0.15) is 0 Å². The summed E-state index contributed by atoms with van der Waals surface area (Å²) in [5, 5.41) is 8.63. The molecule has 14 heavy (non-hydrogen) atoms. The number of hydrogen-bond donors (Lipinski definition) is 1. The van der Waals surface area contributed by atoms with Gasteiger partial charge in [-0.1, -0.05) is 6.07 Å². The minimum absolute atomic E-state index is 0.0387. The van der Waals surface area contributed by atoms with Crippen molar-refractivity contribution in [2.24, 2.45) is 0 Å². The molecule has 1 rings (SSSR count). The van der Waals surface area contributed by atoms with Crippen LogP contribution >= 0.6 is 0 Å². The maximum absolute atomic E-state index is 10.5. The van der Waals surface area contributed by atoms with E-state index >= 15 is 0 Å². The molecule has 0 aliphatic rings. The van der Waals surface area contributed by atoms with Gasteiger partial charge in [0.25, 0.3) is 0 Å². The highest BCUT2D eigenvalue weighted by molar-refractivity contribution is 5.85. The molecular formula is C10H9NO3. The lowest BCUT2D eigenvalue weighted by molar-refractivity contribution is 0.0689. The number of pyridine rings is 1. The summed E-state index contributed by atoms with van der Waals surface area (Å²) in [6.07, 6.45) is 5.50. The fraction of sp³-hybridized carbons (Fsp3) is 0.200. The number of ether oxygens (including phenoxy) is 1. The fourth-order valence-electron chi connectivity index (χ4n) is 0.829. The highest BCUT2D eigenvalue weighted by atomic mass is 16.5. The summed E-state index contributed by atoms with van der Waals surface area (Å²) in [5.41, 5.74) is -0.0387. The summed E-state index contributed by atoms with van der Waals surface area (Å²) in [6.45, 7) is 0.340. The highest BCUT2D eigenvalue weighted by Gasteiger charge is 2.04. The van der Waals surface area contributed by atoms with Crippen molar-refractivity contribution >= 4 is 5.97 Å². The Morgan fingerprint density at radius 1 is 1.64 bits per heavy atom. The molecule has 1 aromatic heterocycles. The number of aromatic nitrogens is 1. The lowest BCUT2D eigenvalue weighted by Crippen LogP contribution is -2.03. The average Bonchev–Trinajstić information content (AvgIpc) is 2.19. The Bertz CT molecular complexity index is 368. The van der Waals surface area contributed by atoms with Crippen molar-refractivity contribution in [3.8, 4) is 18.2 Å². The van der Waals surface area contributed by atoms with Crippen LogP contribution in [0.5, 0.6) is 5.88 Å². The van der Waals surface area contributed by atoms with Crippen LogP contribution in [0.15, 0.2) is 18.2 Å². The standard InChI is InChI=1S/C10H9NO3/c1-2-3-7-14-9-6-4-5-8(11-9)10(12)13/h1,4-6H,3,7H2,(H,12,13). The summed E-state index contributed by atoms with van der Waals surface area (Å²) < 4.78 is 5.12. The first-order valence-electron chi connectivity index (χ1n) is 4.00. The van der Waals surface area contributed by atoms with Gasteiger partial charge in [-0.15, -0.1) is 12.3 Å². The number of hydrogen-bond acceptors (Lipinski definition) is 3. The summed E-state index contributed by atoms with van der Waals surface area (Å²) >= 11 is 0. The Morgan fingerprint density at radius 3 is 3.07 bits per heavy atom. The van der Waals surface area contributed by atoms with Crippen LogP contribution in [0.4, 0.5) is 0 Å². The molecule has 72 valence electrons. The number of aromatic carboxylic acids is 1. The molecule has 4 nitrogen and oxygen atoms in total. The van der Waals surface area contributed by atoms with E-state index < -0.39 is 5.97 Å². The molecule has 0 saturated carbocycles. The molecule has 0 aliphatic carbocycles. The van der Waals surface area contributed by atoms with Gasteiger partial charge >= 0.3 is 5.97 Å². The molecule has 1 N–H and O–H groups in total. The van der Waals surface area contributed by atoms with E-state index in [2.05, 4.69) is 10.9 Å². The van der Waals surface area contributed by atoms with Crippen LogP contribution in [-0.2, 0) is 0 Å². The second kappa shape index (κ2) is 4.87. The summed E-state index contributed by atoms with van der Waals surface area (Å²) in [5.74, 6) is 1.61. The second-order valence-electron chi connectivity index (χ2n) is 2.47. The number of carboxylic acid groups (broad SMARTS) is 1. The maximum Gasteiger partial charge on any atom is 0.354 e.